The molecule has 1 atom stereocenters. The van der Waals surface area contributed by atoms with Gasteiger partial charge in [0.05, 0.1) is 12.6 Å². The van der Waals surface area contributed by atoms with Crippen LogP contribution in [0.5, 0.6) is 0 Å². The second-order valence-corrected chi connectivity index (χ2v) is 3.05. The van der Waals surface area contributed by atoms with Gasteiger partial charge in [-0.2, -0.15) is 0 Å². The largest absolute Gasteiger partial charge is 0.383 e. The van der Waals surface area contributed by atoms with Gasteiger partial charge in [0.25, 0.3) is 0 Å². The molecule has 0 aliphatic rings. The SMILES string of the molecule is COCC(CN)NC(=O)C(C)C. The van der Waals surface area contributed by atoms with Crippen LogP contribution in [0.25, 0.3) is 0 Å². The van der Waals surface area contributed by atoms with Gasteiger partial charge in [-0.25, -0.2) is 0 Å². The Morgan fingerprint density at radius 1 is 1.58 bits per heavy atom. The van der Waals surface area contributed by atoms with Crippen LogP contribution in [0, 0.1) is 5.92 Å². The van der Waals surface area contributed by atoms with E-state index in [0.717, 1.165) is 0 Å². The molecule has 0 bridgehead atoms. The lowest BCUT2D eigenvalue weighted by molar-refractivity contribution is -0.125. The van der Waals surface area contributed by atoms with Gasteiger partial charge in [-0.3, -0.25) is 4.79 Å². The minimum absolute atomic E-state index is 0.00379. The molecule has 0 radical (unpaired) electrons. The number of carbonyl (C=O) groups is 1. The van der Waals surface area contributed by atoms with Crippen molar-refractivity contribution in [3.8, 4) is 0 Å². The summed E-state index contributed by atoms with van der Waals surface area (Å²) in [6.07, 6.45) is 0. The Kier molecular flexibility index (Phi) is 5.66. The minimum atomic E-state index is -0.0649. The van der Waals surface area contributed by atoms with Gasteiger partial charge in [-0.05, 0) is 0 Å². The number of methoxy groups -OCH3 is 1. The molecule has 0 fully saturated rings. The molecule has 0 saturated heterocycles. The maximum Gasteiger partial charge on any atom is 0.222 e. The average molecular weight is 174 g/mol. The Morgan fingerprint density at radius 3 is 2.50 bits per heavy atom. The third-order valence-corrected chi connectivity index (χ3v) is 1.52. The van der Waals surface area contributed by atoms with Crippen LogP contribution >= 0.6 is 0 Å². The van der Waals surface area contributed by atoms with Crippen LogP contribution in [0.3, 0.4) is 0 Å². The Bertz CT molecular complexity index is 137. The van der Waals surface area contributed by atoms with Crippen molar-refractivity contribution in [2.45, 2.75) is 19.9 Å². The van der Waals surface area contributed by atoms with Gasteiger partial charge in [0.2, 0.25) is 5.91 Å². The zero-order valence-electron chi connectivity index (χ0n) is 7.96. The smallest absolute Gasteiger partial charge is 0.222 e. The van der Waals surface area contributed by atoms with Crippen LogP contribution in [-0.2, 0) is 9.53 Å². The van der Waals surface area contributed by atoms with E-state index in [1.165, 1.54) is 0 Å². The summed E-state index contributed by atoms with van der Waals surface area (Å²) in [4.78, 5) is 11.2. The predicted molar refractivity (Wildman–Crippen MR) is 47.7 cm³/mol. The van der Waals surface area contributed by atoms with E-state index in [0.29, 0.717) is 13.2 Å². The van der Waals surface area contributed by atoms with E-state index in [1.807, 2.05) is 13.8 Å². The number of carbonyl (C=O) groups excluding carboxylic acids is 1. The molecule has 3 N–H and O–H groups in total. The molecule has 0 aliphatic heterocycles. The topological polar surface area (TPSA) is 64.3 Å². The second-order valence-electron chi connectivity index (χ2n) is 3.05. The van der Waals surface area contributed by atoms with Crippen molar-refractivity contribution in [1.29, 1.82) is 0 Å². The van der Waals surface area contributed by atoms with Gasteiger partial charge in [-0.1, -0.05) is 13.8 Å². The zero-order valence-corrected chi connectivity index (χ0v) is 7.96. The van der Waals surface area contributed by atoms with E-state index in [1.54, 1.807) is 7.11 Å². The first-order chi connectivity index (χ1) is 5.61. The van der Waals surface area contributed by atoms with E-state index in [2.05, 4.69) is 5.32 Å². The highest BCUT2D eigenvalue weighted by atomic mass is 16.5. The molecule has 0 aromatic carbocycles. The van der Waals surface area contributed by atoms with Crippen LogP contribution in [0.15, 0.2) is 0 Å². The maximum atomic E-state index is 11.2. The van der Waals surface area contributed by atoms with Gasteiger partial charge in [-0.15, -0.1) is 0 Å². The molecule has 0 spiro atoms. The third kappa shape index (κ3) is 4.31. The standard InChI is InChI=1S/C8H18N2O2/c1-6(2)8(11)10-7(4-9)5-12-3/h6-7H,4-5,9H2,1-3H3,(H,10,11). The van der Waals surface area contributed by atoms with Crippen molar-refractivity contribution >= 4 is 5.91 Å². The lowest BCUT2D eigenvalue weighted by atomic mass is 10.2. The van der Waals surface area contributed by atoms with Crippen molar-refractivity contribution in [2.75, 3.05) is 20.3 Å². The fraction of sp³-hybridized carbons (Fsp3) is 0.875. The van der Waals surface area contributed by atoms with Crippen molar-refractivity contribution in [2.24, 2.45) is 11.7 Å². The first-order valence-corrected chi connectivity index (χ1v) is 4.11. The monoisotopic (exact) mass is 174 g/mol. The molecular formula is C8H18N2O2. The van der Waals surface area contributed by atoms with Gasteiger partial charge >= 0.3 is 0 Å². The van der Waals surface area contributed by atoms with Crippen LogP contribution in [-0.4, -0.2) is 32.2 Å². The normalized spacial score (nSPS) is 13.1. The highest BCUT2D eigenvalue weighted by Gasteiger charge is 2.12. The number of amides is 1. The molecular weight excluding hydrogens is 156 g/mol. The van der Waals surface area contributed by atoms with E-state index >= 15 is 0 Å². The van der Waals surface area contributed by atoms with Crippen molar-refractivity contribution in [3.63, 3.8) is 0 Å². The van der Waals surface area contributed by atoms with Crippen LogP contribution in [0.4, 0.5) is 0 Å². The molecule has 0 heterocycles. The van der Waals surface area contributed by atoms with Gasteiger partial charge in [0.15, 0.2) is 0 Å². The Morgan fingerprint density at radius 2 is 2.17 bits per heavy atom. The molecule has 0 rings (SSSR count). The molecule has 4 nitrogen and oxygen atoms in total. The average Bonchev–Trinajstić information content (AvgIpc) is 2.03. The van der Waals surface area contributed by atoms with Gasteiger partial charge in [0.1, 0.15) is 0 Å². The van der Waals surface area contributed by atoms with Crippen LogP contribution < -0.4 is 11.1 Å². The van der Waals surface area contributed by atoms with Crippen LogP contribution in [0.2, 0.25) is 0 Å². The summed E-state index contributed by atoms with van der Waals surface area (Å²) in [5.41, 5.74) is 5.41. The summed E-state index contributed by atoms with van der Waals surface area (Å²) in [7, 11) is 1.59. The number of nitrogens with two attached hydrogens (primary N) is 1. The Labute approximate surface area is 73.5 Å². The molecule has 0 aromatic heterocycles. The Balaban J connectivity index is 3.77. The van der Waals surface area contributed by atoms with Gasteiger partial charge < -0.3 is 15.8 Å². The van der Waals surface area contributed by atoms with E-state index < -0.39 is 0 Å². The van der Waals surface area contributed by atoms with E-state index in [9.17, 15) is 4.79 Å². The van der Waals surface area contributed by atoms with E-state index in [4.69, 9.17) is 10.5 Å². The predicted octanol–water partition coefficient (Wildman–Crippen LogP) is -0.268. The summed E-state index contributed by atoms with van der Waals surface area (Å²) >= 11 is 0. The fourth-order valence-corrected chi connectivity index (χ4v) is 0.738. The van der Waals surface area contributed by atoms with Crippen molar-refractivity contribution in [3.05, 3.63) is 0 Å². The minimum Gasteiger partial charge on any atom is -0.383 e. The summed E-state index contributed by atoms with van der Waals surface area (Å²) in [6, 6.07) is -0.0649. The van der Waals surface area contributed by atoms with Gasteiger partial charge in [0, 0.05) is 19.6 Å². The first kappa shape index (κ1) is 11.4. The highest BCUT2D eigenvalue weighted by Crippen LogP contribution is 1.92. The maximum absolute atomic E-state index is 11.2. The van der Waals surface area contributed by atoms with Crippen LogP contribution in [0.1, 0.15) is 13.8 Å². The fourth-order valence-electron chi connectivity index (χ4n) is 0.738. The summed E-state index contributed by atoms with van der Waals surface area (Å²) in [6.45, 7) is 4.56. The zero-order chi connectivity index (χ0) is 9.56. The number of rotatable bonds is 5. The second kappa shape index (κ2) is 5.97. The Hall–Kier alpha value is -0.610. The number of hydrogen-bond donors (Lipinski definition) is 2. The summed E-state index contributed by atoms with van der Waals surface area (Å²) < 4.78 is 4.88. The molecule has 4 heteroatoms. The molecule has 72 valence electrons. The molecule has 0 saturated carbocycles. The molecule has 0 aliphatic carbocycles. The molecule has 0 aromatic rings. The summed E-state index contributed by atoms with van der Waals surface area (Å²) in [5, 5.41) is 2.78. The lowest BCUT2D eigenvalue weighted by Crippen LogP contribution is -2.44. The van der Waals surface area contributed by atoms with Crippen molar-refractivity contribution in [1.82, 2.24) is 5.32 Å². The number of nitrogens with one attached hydrogen (secondary N) is 1. The lowest BCUT2D eigenvalue weighted by Gasteiger charge is -2.16. The quantitative estimate of drug-likeness (QED) is 0.603. The number of ether oxygens (including phenoxy) is 1. The number of hydrogen-bond acceptors (Lipinski definition) is 3. The molecule has 1 unspecified atom stereocenters. The van der Waals surface area contributed by atoms with E-state index in [-0.39, 0.29) is 17.9 Å². The third-order valence-electron chi connectivity index (χ3n) is 1.52. The molecule has 12 heavy (non-hydrogen) atoms. The molecule has 1 amide bonds. The summed E-state index contributed by atoms with van der Waals surface area (Å²) in [5.74, 6) is 0.0124. The van der Waals surface area contributed by atoms with Crippen molar-refractivity contribution < 1.29 is 9.53 Å². The first-order valence-electron chi connectivity index (χ1n) is 4.11. The highest BCUT2D eigenvalue weighted by molar-refractivity contribution is 5.78.